The van der Waals surface area contributed by atoms with Gasteiger partial charge < -0.3 is 5.32 Å². The first kappa shape index (κ1) is 16.9. The Morgan fingerprint density at radius 1 is 1.24 bits per heavy atom. The topological polar surface area (TPSA) is 49.4 Å². The minimum absolute atomic E-state index is 0.112. The number of rotatable bonds is 10. The van der Waals surface area contributed by atoms with Crippen molar-refractivity contribution in [3.05, 3.63) is 0 Å². The zero-order chi connectivity index (χ0) is 13.3. The quantitative estimate of drug-likeness (QED) is 0.612. The molecule has 0 saturated heterocycles. The molecule has 0 aromatic rings. The van der Waals surface area contributed by atoms with E-state index in [1.807, 2.05) is 20.9 Å². The summed E-state index contributed by atoms with van der Waals surface area (Å²) in [5.74, 6) is 0.252. The second-order valence-electron chi connectivity index (χ2n) is 4.49. The van der Waals surface area contributed by atoms with Crippen LogP contribution in [0.4, 0.5) is 0 Å². The first-order chi connectivity index (χ1) is 7.99. The maximum atomic E-state index is 12.2. The third kappa shape index (κ3) is 6.38. The van der Waals surface area contributed by atoms with Crippen LogP contribution in [0.3, 0.4) is 0 Å². The Bertz CT molecular complexity index is 278. The third-order valence-electron chi connectivity index (χ3n) is 3.00. The number of nitrogens with zero attached hydrogens (tertiary/aromatic N) is 1. The Labute approximate surface area is 107 Å². The summed E-state index contributed by atoms with van der Waals surface area (Å²) in [4.78, 5) is 0. The molecule has 0 fully saturated rings. The van der Waals surface area contributed by atoms with E-state index in [0.717, 1.165) is 25.8 Å². The van der Waals surface area contributed by atoms with E-state index in [0.29, 0.717) is 13.0 Å². The highest BCUT2D eigenvalue weighted by Crippen LogP contribution is 2.13. The molecule has 0 heterocycles. The number of unbranched alkanes of at least 4 members (excludes halogenated alkanes) is 1. The van der Waals surface area contributed by atoms with Gasteiger partial charge in [-0.1, -0.05) is 20.3 Å². The summed E-state index contributed by atoms with van der Waals surface area (Å²) >= 11 is 0. The zero-order valence-electron chi connectivity index (χ0n) is 11.7. The molecule has 0 aliphatic heterocycles. The van der Waals surface area contributed by atoms with E-state index < -0.39 is 10.0 Å². The molecule has 1 atom stereocenters. The lowest BCUT2D eigenvalue weighted by molar-refractivity contribution is 0.324. The number of hydrogen-bond donors (Lipinski definition) is 1. The standard InChI is InChI=1S/C12H28N2O2S/c1-5-7-10-14(12(3)6-2)17(15,16)11-8-9-13-4/h12-13H,5-11H2,1-4H3. The molecule has 0 aromatic carbocycles. The molecule has 0 amide bonds. The average Bonchev–Trinajstić information content (AvgIpc) is 2.29. The predicted octanol–water partition coefficient (Wildman–Crippen LogP) is 1.83. The normalized spacial score (nSPS) is 14.2. The molecule has 4 nitrogen and oxygen atoms in total. The molecule has 104 valence electrons. The molecular formula is C12H28N2O2S. The van der Waals surface area contributed by atoms with Crippen LogP contribution in [-0.4, -0.2) is 44.7 Å². The Morgan fingerprint density at radius 2 is 1.88 bits per heavy atom. The van der Waals surface area contributed by atoms with E-state index in [-0.39, 0.29) is 11.8 Å². The fourth-order valence-electron chi connectivity index (χ4n) is 1.70. The summed E-state index contributed by atoms with van der Waals surface area (Å²) in [6.07, 6.45) is 3.52. The maximum absolute atomic E-state index is 12.2. The van der Waals surface area contributed by atoms with Crippen molar-refractivity contribution in [3.63, 3.8) is 0 Å². The fourth-order valence-corrected chi connectivity index (χ4v) is 3.55. The van der Waals surface area contributed by atoms with Gasteiger partial charge in [-0.3, -0.25) is 0 Å². The van der Waals surface area contributed by atoms with Crippen molar-refractivity contribution < 1.29 is 8.42 Å². The van der Waals surface area contributed by atoms with Crippen molar-refractivity contribution in [2.24, 2.45) is 0 Å². The van der Waals surface area contributed by atoms with E-state index in [4.69, 9.17) is 0 Å². The zero-order valence-corrected chi connectivity index (χ0v) is 12.5. The van der Waals surface area contributed by atoms with Gasteiger partial charge in [0.2, 0.25) is 10.0 Å². The van der Waals surface area contributed by atoms with Crippen LogP contribution in [0.2, 0.25) is 0 Å². The van der Waals surface area contributed by atoms with Crippen LogP contribution in [0, 0.1) is 0 Å². The lowest BCUT2D eigenvalue weighted by Gasteiger charge is -2.27. The minimum Gasteiger partial charge on any atom is -0.320 e. The maximum Gasteiger partial charge on any atom is 0.214 e. The minimum atomic E-state index is -3.08. The van der Waals surface area contributed by atoms with E-state index in [1.165, 1.54) is 0 Å². The molecule has 1 N–H and O–H groups in total. The Balaban J connectivity index is 4.53. The highest BCUT2D eigenvalue weighted by molar-refractivity contribution is 7.89. The molecule has 0 aliphatic carbocycles. The van der Waals surface area contributed by atoms with Gasteiger partial charge in [0.05, 0.1) is 5.75 Å². The van der Waals surface area contributed by atoms with Gasteiger partial charge >= 0.3 is 0 Å². The number of hydrogen-bond acceptors (Lipinski definition) is 3. The molecule has 5 heteroatoms. The van der Waals surface area contributed by atoms with Crippen molar-refractivity contribution in [1.82, 2.24) is 9.62 Å². The Hall–Kier alpha value is -0.130. The molecule has 0 aliphatic rings. The number of sulfonamides is 1. The average molecular weight is 264 g/mol. The highest BCUT2D eigenvalue weighted by Gasteiger charge is 2.24. The summed E-state index contributed by atoms with van der Waals surface area (Å²) in [6.45, 7) is 7.52. The molecule has 1 unspecified atom stereocenters. The predicted molar refractivity (Wildman–Crippen MR) is 73.7 cm³/mol. The first-order valence-corrected chi connectivity index (χ1v) is 8.24. The van der Waals surface area contributed by atoms with E-state index in [2.05, 4.69) is 12.2 Å². The third-order valence-corrected chi connectivity index (χ3v) is 5.06. The summed E-state index contributed by atoms with van der Waals surface area (Å²) in [6, 6.07) is 0.112. The SMILES string of the molecule is CCCCN(C(C)CC)S(=O)(=O)CCCNC. The molecule has 0 radical (unpaired) electrons. The molecule has 0 aromatic heterocycles. The van der Waals surface area contributed by atoms with Gasteiger partial charge in [-0.25, -0.2) is 8.42 Å². The summed E-state index contributed by atoms with van der Waals surface area (Å²) in [5.41, 5.74) is 0. The van der Waals surface area contributed by atoms with Gasteiger partial charge in [-0.2, -0.15) is 4.31 Å². The highest BCUT2D eigenvalue weighted by atomic mass is 32.2. The van der Waals surface area contributed by atoms with Crippen molar-refractivity contribution in [3.8, 4) is 0 Å². The van der Waals surface area contributed by atoms with Crippen LogP contribution < -0.4 is 5.32 Å². The second-order valence-corrected chi connectivity index (χ2v) is 6.54. The lowest BCUT2D eigenvalue weighted by Crippen LogP contribution is -2.40. The summed E-state index contributed by atoms with van der Waals surface area (Å²) < 4.78 is 26.1. The van der Waals surface area contributed by atoms with E-state index in [9.17, 15) is 8.42 Å². The monoisotopic (exact) mass is 264 g/mol. The van der Waals surface area contributed by atoms with E-state index in [1.54, 1.807) is 4.31 Å². The van der Waals surface area contributed by atoms with Gasteiger partial charge in [0.15, 0.2) is 0 Å². The van der Waals surface area contributed by atoms with Crippen molar-refractivity contribution in [1.29, 1.82) is 0 Å². The van der Waals surface area contributed by atoms with Crippen molar-refractivity contribution in [2.45, 2.75) is 52.5 Å². The molecule has 0 bridgehead atoms. The van der Waals surface area contributed by atoms with Crippen LogP contribution in [0.1, 0.15) is 46.5 Å². The molecule has 0 spiro atoms. The van der Waals surface area contributed by atoms with Gasteiger partial charge in [0.1, 0.15) is 0 Å². The largest absolute Gasteiger partial charge is 0.320 e. The molecule has 0 rings (SSSR count). The van der Waals surface area contributed by atoms with Crippen LogP contribution >= 0.6 is 0 Å². The van der Waals surface area contributed by atoms with Crippen LogP contribution in [-0.2, 0) is 10.0 Å². The molecule has 17 heavy (non-hydrogen) atoms. The molecular weight excluding hydrogens is 236 g/mol. The van der Waals surface area contributed by atoms with Crippen LogP contribution in [0.25, 0.3) is 0 Å². The van der Waals surface area contributed by atoms with E-state index >= 15 is 0 Å². The smallest absolute Gasteiger partial charge is 0.214 e. The van der Waals surface area contributed by atoms with Gasteiger partial charge in [-0.15, -0.1) is 0 Å². The molecule has 0 saturated carbocycles. The Kier molecular flexibility index (Phi) is 8.82. The van der Waals surface area contributed by atoms with Gasteiger partial charge in [0, 0.05) is 12.6 Å². The Morgan fingerprint density at radius 3 is 2.35 bits per heavy atom. The second kappa shape index (κ2) is 8.89. The fraction of sp³-hybridized carbons (Fsp3) is 1.00. The van der Waals surface area contributed by atoms with Crippen LogP contribution in [0.5, 0.6) is 0 Å². The van der Waals surface area contributed by atoms with Gasteiger partial charge in [-0.05, 0) is 39.8 Å². The lowest BCUT2D eigenvalue weighted by atomic mass is 10.2. The van der Waals surface area contributed by atoms with Crippen molar-refractivity contribution in [2.75, 3.05) is 25.9 Å². The van der Waals surface area contributed by atoms with Gasteiger partial charge in [0.25, 0.3) is 0 Å². The first-order valence-electron chi connectivity index (χ1n) is 6.63. The number of nitrogens with one attached hydrogen (secondary N) is 1. The van der Waals surface area contributed by atoms with Crippen LogP contribution in [0.15, 0.2) is 0 Å². The van der Waals surface area contributed by atoms with Crippen molar-refractivity contribution >= 4 is 10.0 Å². The summed E-state index contributed by atoms with van der Waals surface area (Å²) in [7, 11) is -1.24. The summed E-state index contributed by atoms with van der Waals surface area (Å²) in [5, 5.41) is 2.98.